The quantitative estimate of drug-likeness (QED) is 0.0647. The normalized spacial score (nSPS) is 13.8. The van der Waals surface area contributed by atoms with Crippen molar-refractivity contribution in [3.8, 4) is 5.88 Å². The van der Waals surface area contributed by atoms with Crippen molar-refractivity contribution >= 4 is 16.1 Å². The first-order chi connectivity index (χ1) is 22.0. The molecule has 1 heterocycles. The molecule has 0 fully saturated rings. The number of nitrogens with zero attached hydrogens (tertiary/aromatic N) is 2. The lowest BCUT2D eigenvalue weighted by Gasteiger charge is -2.28. The Morgan fingerprint density at radius 2 is 1.43 bits per heavy atom. The van der Waals surface area contributed by atoms with Crippen LogP contribution in [0.4, 0.5) is 0 Å². The van der Waals surface area contributed by atoms with Crippen molar-refractivity contribution in [1.29, 1.82) is 0 Å². The van der Waals surface area contributed by atoms with Gasteiger partial charge in [-0.25, -0.2) is 4.79 Å². The van der Waals surface area contributed by atoms with Gasteiger partial charge >= 0.3 is 11.7 Å². The monoisotopic (exact) mass is 666 g/mol. The highest BCUT2D eigenvalue weighted by molar-refractivity contribution is 7.86. The first-order valence-electron chi connectivity index (χ1n) is 17.3. The Kier molecular flexibility index (Phi) is 18.3. The van der Waals surface area contributed by atoms with Gasteiger partial charge in [-0.05, 0) is 38.8 Å². The zero-order valence-electron chi connectivity index (χ0n) is 28.7. The molecule has 0 saturated heterocycles. The van der Waals surface area contributed by atoms with Gasteiger partial charge in [0.15, 0.2) is 0 Å². The van der Waals surface area contributed by atoms with Crippen LogP contribution >= 0.6 is 0 Å². The van der Waals surface area contributed by atoms with Gasteiger partial charge in [0.2, 0.25) is 5.88 Å². The largest absolute Gasteiger partial charge is 0.493 e. The Labute approximate surface area is 276 Å². The summed E-state index contributed by atoms with van der Waals surface area (Å²) < 4.78 is 44.3. The Balaban J connectivity index is 1.90. The van der Waals surface area contributed by atoms with Gasteiger partial charge in [0.05, 0.1) is 30.3 Å². The van der Waals surface area contributed by atoms with Gasteiger partial charge in [0.25, 0.3) is 10.1 Å². The average molecular weight is 667 g/mol. The molecule has 3 atom stereocenters. The molecule has 0 aliphatic heterocycles. The molecule has 1 N–H and O–H groups in total. The maximum Gasteiger partial charge on any atom is 0.333 e. The van der Waals surface area contributed by atoms with E-state index in [1.807, 2.05) is 13.8 Å². The number of aromatic hydroxyl groups is 1. The lowest BCUT2D eigenvalue weighted by atomic mass is 10.0. The summed E-state index contributed by atoms with van der Waals surface area (Å²) in [6, 6.07) is 6.26. The van der Waals surface area contributed by atoms with E-state index in [0.29, 0.717) is 12.8 Å². The van der Waals surface area contributed by atoms with Gasteiger partial charge in [-0.1, -0.05) is 115 Å². The summed E-state index contributed by atoms with van der Waals surface area (Å²) >= 11 is 0. The lowest BCUT2D eigenvalue weighted by Crippen LogP contribution is -2.36. The van der Waals surface area contributed by atoms with Crippen LogP contribution in [-0.4, -0.2) is 47.4 Å². The van der Waals surface area contributed by atoms with E-state index in [-0.39, 0.29) is 23.9 Å². The van der Waals surface area contributed by atoms with Crippen molar-refractivity contribution in [3.63, 3.8) is 0 Å². The van der Waals surface area contributed by atoms with Crippen LogP contribution in [0.5, 0.6) is 5.88 Å². The molecule has 0 aliphatic carbocycles. The van der Waals surface area contributed by atoms with Crippen molar-refractivity contribution in [2.75, 3.05) is 6.61 Å². The number of hydrogen-bond donors (Lipinski definition) is 1. The smallest absolute Gasteiger partial charge is 0.333 e. The Bertz CT molecular complexity index is 1300. The summed E-state index contributed by atoms with van der Waals surface area (Å²) in [5.74, 6) is -0.731. The fraction of sp³-hybridized carbons (Fsp3) is 0.714. The third-order valence-electron chi connectivity index (χ3n) is 8.30. The minimum Gasteiger partial charge on any atom is -0.493 e. The summed E-state index contributed by atoms with van der Waals surface area (Å²) in [6.45, 7) is 8.60. The number of rotatable bonds is 25. The van der Waals surface area contributed by atoms with Crippen LogP contribution in [0.15, 0.2) is 40.2 Å². The summed E-state index contributed by atoms with van der Waals surface area (Å²) in [6.07, 6.45) is 16.9. The lowest BCUT2D eigenvalue weighted by molar-refractivity contribution is -0.162. The standard InChI is InChI=1S/C35H58N2O8S/c1-6-8-9-10-11-12-13-14-15-16-17-18-19-20-32(29(4)44-30(5)38)45-34(7-2)37-27-33(39)36(35(37)40)25-26-43-46(41,42)31-23-21-28(3)22-24-31/h21-24,27,29,32,34,39H,6-20,25-26H2,1-5H3. The number of unbranched alkanes of at least 4 members (excludes halogenated alkanes) is 12. The summed E-state index contributed by atoms with van der Waals surface area (Å²) in [5, 5.41) is 10.5. The Morgan fingerprint density at radius 1 is 0.891 bits per heavy atom. The number of imidazole rings is 1. The number of aryl methyl sites for hydroxylation is 1. The number of benzene rings is 1. The van der Waals surface area contributed by atoms with Crippen LogP contribution in [0.25, 0.3) is 0 Å². The van der Waals surface area contributed by atoms with Crippen LogP contribution in [0.1, 0.15) is 136 Å². The summed E-state index contributed by atoms with van der Waals surface area (Å²) in [7, 11) is -4.02. The first kappa shape index (κ1) is 39.5. The molecule has 0 aliphatic rings. The molecule has 2 rings (SSSR count). The van der Waals surface area contributed by atoms with Crippen LogP contribution < -0.4 is 5.69 Å². The molecule has 0 spiro atoms. The molecule has 1 aromatic carbocycles. The molecule has 0 amide bonds. The Hall–Kier alpha value is -2.63. The zero-order chi connectivity index (χ0) is 34.0. The molecule has 262 valence electrons. The maximum absolute atomic E-state index is 13.3. The molecule has 10 nitrogen and oxygen atoms in total. The van der Waals surface area contributed by atoms with Crippen LogP contribution in [-0.2, 0) is 35.1 Å². The third kappa shape index (κ3) is 14.0. The van der Waals surface area contributed by atoms with E-state index in [1.165, 1.54) is 94.0 Å². The minimum absolute atomic E-state index is 0.0168. The van der Waals surface area contributed by atoms with Crippen LogP contribution in [0.3, 0.4) is 0 Å². The average Bonchev–Trinajstić information content (AvgIpc) is 3.29. The number of carbonyl (C=O) groups is 1. The minimum atomic E-state index is -4.02. The highest BCUT2D eigenvalue weighted by Gasteiger charge is 2.27. The van der Waals surface area contributed by atoms with Crippen LogP contribution in [0, 0.1) is 6.92 Å². The van der Waals surface area contributed by atoms with Crippen molar-refractivity contribution < 1.29 is 32.0 Å². The summed E-state index contributed by atoms with van der Waals surface area (Å²) in [4.78, 5) is 25.0. The van der Waals surface area contributed by atoms with Gasteiger partial charge in [-0.3, -0.25) is 18.1 Å². The maximum atomic E-state index is 13.3. The topological polar surface area (TPSA) is 126 Å². The second kappa shape index (κ2) is 21.3. The van der Waals surface area contributed by atoms with E-state index in [4.69, 9.17) is 13.7 Å². The van der Waals surface area contributed by atoms with E-state index >= 15 is 0 Å². The molecule has 0 bridgehead atoms. The van der Waals surface area contributed by atoms with Crippen molar-refractivity contribution in [2.45, 2.75) is 161 Å². The predicted molar refractivity (Wildman–Crippen MR) is 180 cm³/mol. The van der Waals surface area contributed by atoms with Crippen molar-refractivity contribution in [2.24, 2.45) is 0 Å². The van der Waals surface area contributed by atoms with E-state index in [1.54, 1.807) is 19.1 Å². The molecule has 0 radical (unpaired) electrons. The number of aromatic nitrogens is 2. The second-order valence-corrected chi connectivity index (χ2v) is 13.9. The molecule has 3 unspecified atom stereocenters. The zero-order valence-corrected chi connectivity index (χ0v) is 29.6. The van der Waals surface area contributed by atoms with Crippen LogP contribution in [0.2, 0.25) is 0 Å². The van der Waals surface area contributed by atoms with Gasteiger partial charge in [-0.2, -0.15) is 8.42 Å². The molecule has 1 aromatic heterocycles. The molecular weight excluding hydrogens is 608 g/mol. The molecule has 2 aromatic rings. The highest BCUT2D eigenvalue weighted by Crippen LogP contribution is 2.24. The number of hydrogen-bond acceptors (Lipinski definition) is 8. The third-order valence-corrected chi connectivity index (χ3v) is 9.63. The van der Waals surface area contributed by atoms with E-state index in [0.717, 1.165) is 29.4 Å². The van der Waals surface area contributed by atoms with Crippen molar-refractivity contribution in [3.05, 3.63) is 46.5 Å². The first-order valence-corrected chi connectivity index (χ1v) is 18.7. The second-order valence-electron chi connectivity index (χ2n) is 12.3. The molecular formula is C35H58N2O8S. The molecule has 0 saturated carbocycles. The summed E-state index contributed by atoms with van der Waals surface area (Å²) in [5.41, 5.74) is 0.360. The van der Waals surface area contributed by atoms with E-state index in [9.17, 15) is 23.1 Å². The predicted octanol–water partition coefficient (Wildman–Crippen LogP) is 7.80. The van der Waals surface area contributed by atoms with E-state index < -0.39 is 40.2 Å². The fourth-order valence-electron chi connectivity index (χ4n) is 5.59. The molecule has 46 heavy (non-hydrogen) atoms. The Morgan fingerprint density at radius 3 is 1.96 bits per heavy atom. The van der Waals surface area contributed by atoms with E-state index in [2.05, 4.69) is 6.92 Å². The number of ether oxygens (including phenoxy) is 2. The van der Waals surface area contributed by atoms with Gasteiger partial charge < -0.3 is 14.6 Å². The SMILES string of the molecule is CCCCCCCCCCCCCCCC(OC(CC)n1cc(O)n(CCOS(=O)(=O)c2ccc(C)cc2)c1=O)C(C)OC(C)=O. The fourth-order valence-corrected chi connectivity index (χ4v) is 6.49. The molecule has 11 heteroatoms. The highest BCUT2D eigenvalue weighted by atomic mass is 32.2. The number of carbonyl (C=O) groups excluding carboxylic acids is 1. The van der Waals surface area contributed by atoms with Gasteiger partial charge in [0, 0.05) is 6.92 Å². The van der Waals surface area contributed by atoms with Crippen molar-refractivity contribution in [1.82, 2.24) is 9.13 Å². The number of esters is 1. The van der Waals surface area contributed by atoms with Gasteiger partial charge in [-0.15, -0.1) is 0 Å². The van der Waals surface area contributed by atoms with Gasteiger partial charge in [0.1, 0.15) is 12.3 Å².